The third-order valence-electron chi connectivity index (χ3n) is 4.00. The number of carbonyl (C=O) groups is 2. The highest BCUT2D eigenvalue weighted by Gasteiger charge is 2.19. The van der Waals surface area contributed by atoms with Crippen molar-refractivity contribution in [3.8, 4) is 0 Å². The van der Waals surface area contributed by atoms with E-state index in [4.69, 9.17) is 9.15 Å². The lowest BCUT2D eigenvalue weighted by atomic mass is 10.1. The maximum atomic E-state index is 12.6. The zero-order chi connectivity index (χ0) is 18.1. The minimum Gasteiger partial charge on any atom is -0.465 e. The molecule has 1 heterocycles. The van der Waals surface area contributed by atoms with Gasteiger partial charge in [0.05, 0.1) is 12.7 Å². The first-order chi connectivity index (χ1) is 11.9. The monoisotopic (exact) mass is 401 g/mol. The average molecular weight is 402 g/mol. The van der Waals surface area contributed by atoms with E-state index in [1.807, 2.05) is 32.0 Å². The Morgan fingerprint density at radius 1 is 1.12 bits per heavy atom. The zero-order valence-corrected chi connectivity index (χ0v) is 15.6. The number of furan rings is 1. The smallest absolute Gasteiger partial charge is 0.337 e. The number of ether oxygens (including phenoxy) is 1. The number of anilines is 1. The fourth-order valence-corrected chi connectivity index (χ4v) is 3.00. The molecule has 3 rings (SSSR count). The summed E-state index contributed by atoms with van der Waals surface area (Å²) in [5, 5.41) is 3.72. The van der Waals surface area contributed by atoms with Gasteiger partial charge in [0.1, 0.15) is 5.58 Å². The molecule has 0 fully saturated rings. The van der Waals surface area contributed by atoms with Gasteiger partial charge >= 0.3 is 5.97 Å². The number of rotatable bonds is 3. The van der Waals surface area contributed by atoms with Crippen LogP contribution in [0.15, 0.2) is 45.3 Å². The van der Waals surface area contributed by atoms with Crippen molar-refractivity contribution in [3.63, 3.8) is 0 Å². The van der Waals surface area contributed by atoms with Crippen molar-refractivity contribution in [3.05, 3.63) is 63.3 Å². The van der Waals surface area contributed by atoms with E-state index in [-0.39, 0.29) is 11.7 Å². The molecule has 1 N–H and O–H groups in total. The lowest BCUT2D eigenvalue weighted by Crippen LogP contribution is -2.13. The van der Waals surface area contributed by atoms with Gasteiger partial charge < -0.3 is 14.5 Å². The predicted octanol–water partition coefficient (Wildman–Crippen LogP) is 4.85. The molecule has 0 saturated heterocycles. The van der Waals surface area contributed by atoms with Crippen molar-refractivity contribution in [1.29, 1.82) is 0 Å². The molecule has 0 spiro atoms. The number of benzene rings is 2. The summed E-state index contributed by atoms with van der Waals surface area (Å²) in [6, 6.07) is 10.6. The highest BCUT2D eigenvalue weighted by atomic mass is 79.9. The van der Waals surface area contributed by atoms with Gasteiger partial charge in [-0.15, -0.1) is 0 Å². The number of carbonyl (C=O) groups excluding carboxylic acids is 2. The first-order valence-corrected chi connectivity index (χ1v) is 8.39. The third-order valence-corrected chi connectivity index (χ3v) is 4.49. The van der Waals surface area contributed by atoms with E-state index < -0.39 is 5.97 Å². The number of halogens is 1. The van der Waals surface area contributed by atoms with Gasteiger partial charge in [-0.25, -0.2) is 4.79 Å². The molecule has 5 nitrogen and oxygen atoms in total. The van der Waals surface area contributed by atoms with Gasteiger partial charge in [-0.2, -0.15) is 0 Å². The standard InChI is InChI=1S/C19H16BrNO4/c1-10-8-12(19(23)24-3)4-6-15(10)21-18(22)17-11(2)14-9-13(20)5-7-16(14)25-17/h4-9H,1-3H3,(H,21,22). The van der Waals surface area contributed by atoms with Crippen LogP contribution in [-0.2, 0) is 4.74 Å². The maximum Gasteiger partial charge on any atom is 0.337 e. The fourth-order valence-electron chi connectivity index (χ4n) is 2.64. The van der Waals surface area contributed by atoms with Crippen LogP contribution in [0, 0.1) is 13.8 Å². The molecule has 0 aliphatic carbocycles. The Hall–Kier alpha value is -2.60. The summed E-state index contributed by atoms with van der Waals surface area (Å²) in [5.74, 6) is -0.483. The Bertz CT molecular complexity index is 990. The predicted molar refractivity (Wildman–Crippen MR) is 99.1 cm³/mol. The number of esters is 1. The van der Waals surface area contributed by atoms with Crippen molar-refractivity contribution in [2.45, 2.75) is 13.8 Å². The summed E-state index contributed by atoms with van der Waals surface area (Å²) < 4.78 is 11.3. The number of hydrogen-bond donors (Lipinski definition) is 1. The van der Waals surface area contributed by atoms with Crippen LogP contribution in [-0.4, -0.2) is 19.0 Å². The lowest BCUT2D eigenvalue weighted by molar-refractivity contribution is 0.0600. The molecule has 0 aliphatic rings. The van der Waals surface area contributed by atoms with E-state index in [0.717, 1.165) is 21.0 Å². The normalized spacial score (nSPS) is 10.7. The topological polar surface area (TPSA) is 68.5 Å². The van der Waals surface area contributed by atoms with Crippen molar-refractivity contribution in [2.24, 2.45) is 0 Å². The van der Waals surface area contributed by atoms with E-state index in [9.17, 15) is 9.59 Å². The summed E-state index contributed by atoms with van der Waals surface area (Å²) in [4.78, 5) is 24.2. The van der Waals surface area contributed by atoms with Crippen molar-refractivity contribution < 1.29 is 18.7 Å². The molecular formula is C19H16BrNO4. The molecule has 0 aliphatic heterocycles. The molecule has 0 saturated carbocycles. The van der Waals surface area contributed by atoms with Gasteiger partial charge in [-0.3, -0.25) is 4.79 Å². The van der Waals surface area contributed by atoms with Crippen LogP contribution in [0.3, 0.4) is 0 Å². The highest BCUT2D eigenvalue weighted by Crippen LogP contribution is 2.29. The summed E-state index contributed by atoms with van der Waals surface area (Å²) in [6.45, 7) is 3.66. The molecule has 0 atom stereocenters. The average Bonchev–Trinajstić information content (AvgIpc) is 2.92. The maximum absolute atomic E-state index is 12.6. The Morgan fingerprint density at radius 2 is 1.88 bits per heavy atom. The molecule has 0 unspecified atom stereocenters. The Labute approximate surface area is 153 Å². The summed E-state index contributed by atoms with van der Waals surface area (Å²) in [5.41, 5.74) is 3.23. The van der Waals surface area contributed by atoms with E-state index in [2.05, 4.69) is 21.2 Å². The number of hydrogen-bond acceptors (Lipinski definition) is 4. The van der Waals surface area contributed by atoms with E-state index >= 15 is 0 Å². The molecule has 6 heteroatoms. The second-order valence-electron chi connectivity index (χ2n) is 5.67. The molecule has 2 aromatic carbocycles. The molecule has 128 valence electrons. The lowest BCUT2D eigenvalue weighted by Gasteiger charge is -2.09. The molecule has 25 heavy (non-hydrogen) atoms. The number of amides is 1. The zero-order valence-electron chi connectivity index (χ0n) is 14.0. The molecular weight excluding hydrogens is 386 g/mol. The van der Waals surface area contributed by atoms with E-state index in [0.29, 0.717) is 16.8 Å². The molecule has 1 amide bonds. The van der Waals surface area contributed by atoms with Gasteiger partial charge in [-0.05, 0) is 55.8 Å². The highest BCUT2D eigenvalue weighted by molar-refractivity contribution is 9.10. The minimum absolute atomic E-state index is 0.268. The molecule has 1 aromatic heterocycles. The Morgan fingerprint density at radius 3 is 2.56 bits per heavy atom. The second kappa shape index (κ2) is 6.72. The van der Waals surface area contributed by atoms with Crippen LogP contribution < -0.4 is 5.32 Å². The van der Waals surface area contributed by atoms with Gasteiger partial charge in [-0.1, -0.05) is 15.9 Å². The SMILES string of the molecule is COC(=O)c1ccc(NC(=O)c2oc3ccc(Br)cc3c2C)c(C)c1. The summed E-state index contributed by atoms with van der Waals surface area (Å²) in [7, 11) is 1.33. The van der Waals surface area contributed by atoms with Crippen molar-refractivity contribution >= 4 is 44.5 Å². The van der Waals surface area contributed by atoms with Gasteiger partial charge in [0.25, 0.3) is 5.91 Å². The third kappa shape index (κ3) is 3.30. The number of nitrogens with one attached hydrogen (secondary N) is 1. The van der Waals surface area contributed by atoms with Gasteiger partial charge in [0.15, 0.2) is 5.76 Å². The largest absolute Gasteiger partial charge is 0.465 e. The van der Waals surface area contributed by atoms with Crippen LogP contribution in [0.4, 0.5) is 5.69 Å². The molecule has 0 bridgehead atoms. The van der Waals surface area contributed by atoms with Crippen LogP contribution in [0.5, 0.6) is 0 Å². The number of fused-ring (bicyclic) bond motifs is 1. The second-order valence-corrected chi connectivity index (χ2v) is 6.59. The minimum atomic E-state index is -0.417. The number of methoxy groups -OCH3 is 1. The van der Waals surface area contributed by atoms with Crippen LogP contribution in [0.2, 0.25) is 0 Å². The Kier molecular flexibility index (Phi) is 4.63. The quantitative estimate of drug-likeness (QED) is 0.636. The first-order valence-electron chi connectivity index (χ1n) is 7.59. The number of aryl methyl sites for hydroxylation is 2. The first kappa shape index (κ1) is 17.2. The van der Waals surface area contributed by atoms with Crippen LogP contribution >= 0.6 is 15.9 Å². The van der Waals surface area contributed by atoms with Crippen LogP contribution in [0.1, 0.15) is 32.0 Å². The van der Waals surface area contributed by atoms with E-state index in [1.165, 1.54) is 7.11 Å². The molecule has 3 aromatic rings. The molecule has 0 radical (unpaired) electrons. The van der Waals surface area contributed by atoms with Crippen LogP contribution in [0.25, 0.3) is 11.0 Å². The summed E-state index contributed by atoms with van der Waals surface area (Å²) in [6.07, 6.45) is 0. The van der Waals surface area contributed by atoms with Crippen molar-refractivity contribution in [2.75, 3.05) is 12.4 Å². The van der Waals surface area contributed by atoms with Gasteiger partial charge in [0.2, 0.25) is 0 Å². The Balaban J connectivity index is 1.90. The fraction of sp³-hybridized carbons (Fsp3) is 0.158. The van der Waals surface area contributed by atoms with E-state index in [1.54, 1.807) is 18.2 Å². The summed E-state index contributed by atoms with van der Waals surface area (Å²) >= 11 is 3.42. The van der Waals surface area contributed by atoms with Crippen molar-refractivity contribution in [1.82, 2.24) is 0 Å². The van der Waals surface area contributed by atoms with Gasteiger partial charge in [0, 0.05) is 21.1 Å².